The van der Waals surface area contributed by atoms with Crippen molar-refractivity contribution < 1.29 is 14.3 Å². The molecule has 2 N–H and O–H groups in total. The van der Waals surface area contributed by atoms with Crippen molar-refractivity contribution in [3.8, 4) is 0 Å². The molecule has 2 aromatic rings. The van der Waals surface area contributed by atoms with Gasteiger partial charge in [0.1, 0.15) is 5.60 Å². The minimum atomic E-state index is -0.497. The normalized spacial score (nSPS) is 17.0. The highest BCUT2D eigenvalue weighted by Crippen LogP contribution is 2.32. The summed E-state index contributed by atoms with van der Waals surface area (Å²) in [5, 5.41) is 6.00. The van der Waals surface area contributed by atoms with Gasteiger partial charge in [0.15, 0.2) is 0 Å². The monoisotopic (exact) mass is 627 g/mol. The van der Waals surface area contributed by atoms with E-state index in [0.29, 0.717) is 18.0 Å². The number of hydrogen-bond donors (Lipinski definition) is 2. The molecule has 2 aliphatic heterocycles. The molecule has 2 heterocycles. The standard InChI is InChI=1S/C33H49N5O3S2/c1-23(2)26-14-16-38(17-15-26)43-28-11-9-27(10-12-28)35-31(39)29-18-24(8-13-30(29)36(6)42-7)20-37-21-25(22-37)19-34-32(40)41-33(3,4)5/h8-13,18,23,25-26H,14-17,19-22H2,1-7H3,(H,34,40)(H,35,39). The summed E-state index contributed by atoms with van der Waals surface area (Å²) in [6, 6.07) is 14.3. The molecule has 0 atom stereocenters. The van der Waals surface area contributed by atoms with E-state index < -0.39 is 5.60 Å². The van der Waals surface area contributed by atoms with E-state index >= 15 is 0 Å². The molecule has 0 spiro atoms. The van der Waals surface area contributed by atoms with E-state index in [4.69, 9.17) is 4.74 Å². The van der Waals surface area contributed by atoms with Gasteiger partial charge in [-0.2, -0.15) is 0 Å². The van der Waals surface area contributed by atoms with E-state index in [-0.39, 0.29) is 12.0 Å². The van der Waals surface area contributed by atoms with E-state index in [9.17, 15) is 9.59 Å². The lowest BCUT2D eigenvalue weighted by atomic mass is 9.87. The molecule has 2 aliphatic rings. The number of benzene rings is 2. The number of ether oxygens (including phenoxy) is 1. The Morgan fingerprint density at radius 1 is 1.07 bits per heavy atom. The first kappa shape index (κ1) is 33.5. The fraction of sp³-hybridized carbons (Fsp3) is 0.576. The zero-order valence-corrected chi connectivity index (χ0v) is 28.4. The average Bonchev–Trinajstić information content (AvgIpc) is 2.94. The molecule has 236 valence electrons. The Bertz CT molecular complexity index is 1220. The Kier molecular flexibility index (Phi) is 11.7. The van der Waals surface area contributed by atoms with Crippen molar-refractivity contribution >= 4 is 47.3 Å². The Morgan fingerprint density at radius 3 is 2.35 bits per heavy atom. The molecule has 8 nitrogen and oxygen atoms in total. The van der Waals surface area contributed by atoms with E-state index in [1.807, 2.05) is 74.6 Å². The quantitative estimate of drug-likeness (QED) is 0.259. The van der Waals surface area contributed by atoms with E-state index in [2.05, 4.69) is 51.9 Å². The number of piperidine rings is 1. The van der Waals surface area contributed by atoms with Crippen LogP contribution in [0.2, 0.25) is 0 Å². The molecular formula is C33H49N5O3S2. The van der Waals surface area contributed by atoms with Crippen LogP contribution in [0.25, 0.3) is 0 Å². The third-order valence-electron chi connectivity index (χ3n) is 8.08. The first-order chi connectivity index (χ1) is 20.4. The maximum absolute atomic E-state index is 13.5. The molecule has 10 heteroatoms. The third-order valence-corrected chi connectivity index (χ3v) is 9.93. The number of rotatable bonds is 11. The summed E-state index contributed by atoms with van der Waals surface area (Å²) in [7, 11) is 1.98. The maximum atomic E-state index is 13.5. The van der Waals surface area contributed by atoms with Crippen LogP contribution in [0.1, 0.15) is 63.4 Å². The van der Waals surface area contributed by atoms with Crippen molar-refractivity contribution in [2.75, 3.05) is 55.6 Å². The lowest BCUT2D eigenvalue weighted by Gasteiger charge is -2.39. The minimum absolute atomic E-state index is 0.114. The number of amides is 2. The van der Waals surface area contributed by atoms with E-state index in [1.165, 1.54) is 17.7 Å². The number of alkyl carbamates (subject to hydrolysis) is 1. The van der Waals surface area contributed by atoms with Gasteiger partial charge in [-0.25, -0.2) is 9.10 Å². The lowest BCUT2D eigenvalue weighted by molar-refractivity contribution is 0.0456. The Balaban J connectivity index is 1.31. The van der Waals surface area contributed by atoms with Crippen LogP contribution >= 0.6 is 23.9 Å². The molecular weight excluding hydrogens is 579 g/mol. The SMILES string of the molecule is CSN(C)c1ccc(CN2CC(CNC(=O)OC(C)(C)C)C2)cc1C(=O)Nc1ccc(SN2CCC(C(C)C)CC2)cc1. The minimum Gasteiger partial charge on any atom is -0.444 e. The molecule has 2 fully saturated rings. The van der Waals surface area contributed by atoms with Gasteiger partial charge in [0.25, 0.3) is 5.91 Å². The Labute approximate surface area is 266 Å². The van der Waals surface area contributed by atoms with Crippen LogP contribution in [-0.4, -0.2) is 72.8 Å². The number of carbonyl (C=O) groups excluding carboxylic acids is 2. The van der Waals surface area contributed by atoms with Crippen LogP contribution < -0.4 is 14.9 Å². The van der Waals surface area contributed by atoms with Gasteiger partial charge in [-0.05, 0) is 99.4 Å². The molecule has 0 aromatic heterocycles. The molecule has 2 aromatic carbocycles. The number of hydrogen-bond acceptors (Lipinski definition) is 8. The molecule has 0 unspecified atom stereocenters. The Hall–Kier alpha value is -2.40. The van der Waals surface area contributed by atoms with Gasteiger partial charge in [-0.15, -0.1) is 0 Å². The fourth-order valence-corrected chi connectivity index (χ4v) is 6.86. The van der Waals surface area contributed by atoms with Crippen LogP contribution in [0.4, 0.5) is 16.2 Å². The summed E-state index contributed by atoms with van der Waals surface area (Å²) in [5.41, 5.74) is 2.93. The first-order valence-electron chi connectivity index (χ1n) is 15.3. The number of nitrogens with one attached hydrogen (secondary N) is 2. The van der Waals surface area contributed by atoms with Crippen LogP contribution in [-0.2, 0) is 11.3 Å². The number of nitrogens with zero attached hydrogens (tertiary/aromatic N) is 3. The second-order valence-corrected chi connectivity index (χ2v) is 15.1. The van der Waals surface area contributed by atoms with Gasteiger partial charge in [0.05, 0.1) is 11.3 Å². The van der Waals surface area contributed by atoms with Crippen molar-refractivity contribution in [3.63, 3.8) is 0 Å². The van der Waals surface area contributed by atoms with Gasteiger partial charge in [0.2, 0.25) is 0 Å². The smallest absolute Gasteiger partial charge is 0.407 e. The molecule has 0 aliphatic carbocycles. The summed E-state index contributed by atoms with van der Waals surface area (Å²) < 4.78 is 9.81. The van der Waals surface area contributed by atoms with Crippen molar-refractivity contribution in [1.82, 2.24) is 14.5 Å². The number of likely N-dealkylation sites (tertiary alicyclic amines) is 1. The highest BCUT2D eigenvalue weighted by molar-refractivity contribution is 7.99. The second-order valence-electron chi connectivity index (χ2n) is 13.1. The highest BCUT2D eigenvalue weighted by atomic mass is 32.2. The summed E-state index contributed by atoms with van der Waals surface area (Å²) in [5.74, 6) is 1.87. The second kappa shape index (κ2) is 15.1. The Morgan fingerprint density at radius 2 is 1.74 bits per heavy atom. The summed E-state index contributed by atoms with van der Waals surface area (Å²) in [6.45, 7) is 15.6. The summed E-state index contributed by atoms with van der Waals surface area (Å²) >= 11 is 3.39. The number of anilines is 2. The average molecular weight is 628 g/mol. The lowest BCUT2D eigenvalue weighted by Crippen LogP contribution is -2.51. The predicted octanol–water partition coefficient (Wildman–Crippen LogP) is 6.98. The van der Waals surface area contributed by atoms with Crippen molar-refractivity contribution in [1.29, 1.82) is 0 Å². The molecule has 2 amide bonds. The molecule has 0 radical (unpaired) electrons. The van der Waals surface area contributed by atoms with Gasteiger partial charge < -0.3 is 19.7 Å². The van der Waals surface area contributed by atoms with E-state index in [0.717, 1.165) is 61.5 Å². The third kappa shape index (κ3) is 10.1. The van der Waals surface area contributed by atoms with Crippen molar-refractivity contribution in [2.45, 2.75) is 64.5 Å². The number of carbonyl (C=O) groups is 2. The topological polar surface area (TPSA) is 77.1 Å². The van der Waals surface area contributed by atoms with Crippen molar-refractivity contribution in [2.24, 2.45) is 17.8 Å². The fourth-order valence-electron chi connectivity index (χ4n) is 5.55. The zero-order chi connectivity index (χ0) is 31.1. The van der Waals surface area contributed by atoms with Crippen LogP contribution in [0.3, 0.4) is 0 Å². The van der Waals surface area contributed by atoms with Crippen LogP contribution in [0.15, 0.2) is 47.4 Å². The first-order valence-corrected chi connectivity index (χ1v) is 17.3. The largest absolute Gasteiger partial charge is 0.444 e. The van der Waals surface area contributed by atoms with Gasteiger partial charge in [0, 0.05) is 69.1 Å². The molecule has 0 bridgehead atoms. The highest BCUT2D eigenvalue weighted by Gasteiger charge is 2.28. The summed E-state index contributed by atoms with van der Waals surface area (Å²) in [4.78, 5) is 29.0. The van der Waals surface area contributed by atoms with Crippen molar-refractivity contribution in [3.05, 3.63) is 53.6 Å². The molecule has 4 rings (SSSR count). The van der Waals surface area contributed by atoms with Gasteiger partial charge in [-0.3, -0.25) is 9.69 Å². The van der Waals surface area contributed by atoms with Crippen LogP contribution in [0, 0.1) is 17.8 Å². The van der Waals surface area contributed by atoms with Gasteiger partial charge >= 0.3 is 6.09 Å². The molecule has 0 saturated carbocycles. The maximum Gasteiger partial charge on any atom is 0.407 e. The molecule has 43 heavy (non-hydrogen) atoms. The van der Waals surface area contributed by atoms with Crippen LogP contribution in [0.5, 0.6) is 0 Å². The summed E-state index contributed by atoms with van der Waals surface area (Å²) in [6.07, 6.45) is 4.15. The van der Waals surface area contributed by atoms with Gasteiger partial charge in [-0.1, -0.05) is 31.9 Å². The predicted molar refractivity (Wildman–Crippen MR) is 181 cm³/mol. The van der Waals surface area contributed by atoms with E-state index in [1.54, 1.807) is 11.9 Å². The molecule has 2 saturated heterocycles. The zero-order valence-electron chi connectivity index (χ0n) is 26.8.